The first-order chi connectivity index (χ1) is 8.11. The molecule has 1 amide bonds. The highest BCUT2D eigenvalue weighted by molar-refractivity contribution is 5.99. The predicted octanol–water partition coefficient (Wildman–Crippen LogP) is 0.353. The van der Waals surface area contributed by atoms with Gasteiger partial charge in [-0.2, -0.15) is 0 Å². The molecule has 2 heterocycles. The van der Waals surface area contributed by atoms with E-state index in [0.717, 1.165) is 0 Å². The molecule has 1 saturated heterocycles. The van der Waals surface area contributed by atoms with E-state index in [1.165, 1.54) is 11.1 Å². The number of carboxylic acid groups (broad SMARTS) is 1. The van der Waals surface area contributed by atoms with Crippen molar-refractivity contribution in [1.82, 2.24) is 9.88 Å². The normalized spacial score (nSPS) is 19.3. The molecule has 17 heavy (non-hydrogen) atoms. The number of carbonyl (C=O) groups excluding carboxylic acids is 1. The molecule has 1 fully saturated rings. The summed E-state index contributed by atoms with van der Waals surface area (Å²) < 4.78 is 0. The summed E-state index contributed by atoms with van der Waals surface area (Å²) in [4.78, 5) is 28.3. The van der Waals surface area contributed by atoms with Crippen LogP contribution in [0.2, 0.25) is 0 Å². The molecular formula is C11H13N3O3. The maximum Gasteiger partial charge on any atom is 0.326 e. The maximum atomic E-state index is 12.1. The number of hydrogen-bond acceptors (Lipinski definition) is 4. The minimum Gasteiger partial charge on any atom is -0.480 e. The first-order valence-electron chi connectivity index (χ1n) is 5.35. The molecule has 0 aromatic carbocycles. The Labute approximate surface area is 98.1 Å². The molecule has 6 heteroatoms. The van der Waals surface area contributed by atoms with Crippen LogP contribution < -0.4 is 5.73 Å². The summed E-state index contributed by atoms with van der Waals surface area (Å²) in [6.07, 6.45) is 2.64. The fourth-order valence-electron chi connectivity index (χ4n) is 2.00. The Morgan fingerprint density at radius 1 is 1.53 bits per heavy atom. The molecule has 1 aliphatic heterocycles. The van der Waals surface area contributed by atoms with Gasteiger partial charge in [-0.15, -0.1) is 0 Å². The van der Waals surface area contributed by atoms with Gasteiger partial charge in [0, 0.05) is 12.7 Å². The number of carbonyl (C=O) groups is 2. The number of aromatic nitrogens is 1. The Kier molecular flexibility index (Phi) is 2.95. The smallest absolute Gasteiger partial charge is 0.326 e. The highest BCUT2D eigenvalue weighted by Crippen LogP contribution is 2.21. The number of nitrogen functional groups attached to an aromatic ring is 1. The lowest BCUT2D eigenvalue weighted by molar-refractivity contribution is -0.141. The molecule has 0 aliphatic carbocycles. The fraction of sp³-hybridized carbons (Fsp3) is 0.364. The van der Waals surface area contributed by atoms with Gasteiger partial charge in [0.1, 0.15) is 6.04 Å². The van der Waals surface area contributed by atoms with Crippen molar-refractivity contribution in [3.8, 4) is 0 Å². The Bertz CT molecular complexity index is 461. The second-order valence-corrected chi connectivity index (χ2v) is 3.94. The zero-order valence-electron chi connectivity index (χ0n) is 9.17. The molecule has 1 atom stereocenters. The van der Waals surface area contributed by atoms with Crippen LogP contribution in [0.1, 0.15) is 23.3 Å². The largest absolute Gasteiger partial charge is 0.480 e. The van der Waals surface area contributed by atoms with Gasteiger partial charge in [-0.1, -0.05) is 0 Å². The molecule has 1 aromatic rings. The van der Waals surface area contributed by atoms with Gasteiger partial charge in [0.25, 0.3) is 5.91 Å². The molecule has 0 saturated carbocycles. The van der Waals surface area contributed by atoms with Crippen LogP contribution >= 0.6 is 0 Å². The standard InChI is InChI=1S/C11H13N3O3/c12-7-3-1-5-13-9(7)10(15)14-6-2-4-8(14)11(16)17/h1,3,5,8H,2,4,6,12H2,(H,16,17). The second kappa shape index (κ2) is 4.40. The van der Waals surface area contributed by atoms with E-state index in [0.29, 0.717) is 19.4 Å². The molecular weight excluding hydrogens is 222 g/mol. The number of rotatable bonds is 2. The molecule has 1 aromatic heterocycles. The van der Waals surface area contributed by atoms with E-state index in [9.17, 15) is 9.59 Å². The number of amides is 1. The van der Waals surface area contributed by atoms with Gasteiger partial charge in [0.15, 0.2) is 5.69 Å². The molecule has 1 aliphatic rings. The van der Waals surface area contributed by atoms with Crippen LogP contribution in [0.3, 0.4) is 0 Å². The number of likely N-dealkylation sites (tertiary alicyclic amines) is 1. The van der Waals surface area contributed by atoms with E-state index >= 15 is 0 Å². The lowest BCUT2D eigenvalue weighted by Gasteiger charge is -2.21. The highest BCUT2D eigenvalue weighted by atomic mass is 16.4. The first-order valence-corrected chi connectivity index (χ1v) is 5.35. The first kappa shape index (κ1) is 11.4. The Morgan fingerprint density at radius 3 is 2.94 bits per heavy atom. The zero-order chi connectivity index (χ0) is 12.4. The van der Waals surface area contributed by atoms with Crippen molar-refractivity contribution < 1.29 is 14.7 Å². The van der Waals surface area contributed by atoms with Gasteiger partial charge < -0.3 is 15.7 Å². The molecule has 90 valence electrons. The summed E-state index contributed by atoms with van der Waals surface area (Å²) >= 11 is 0. The van der Waals surface area contributed by atoms with Gasteiger partial charge in [0.05, 0.1) is 5.69 Å². The highest BCUT2D eigenvalue weighted by Gasteiger charge is 2.35. The third-order valence-corrected chi connectivity index (χ3v) is 2.84. The molecule has 6 nitrogen and oxygen atoms in total. The van der Waals surface area contributed by atoms with Crippen LogP contribution in [0.25, 0.3) is 0 Å². The Balaban J connectivity index is 2.26. The van der Waals surface area contributed by atoms with Crippen LogP contribution in [0.15, 0.2) is 18.3 Å². The van der Waals surface area contributed by atoms with Crippen LogP contribution in [0, 0.1) is 0 Å². The average Bonchev–Trinajstić information content (AvgIpc) is 2.77. The molecule has 3 N–H and O–H groups in total. The summed E-state index contributed by atoms with van der Waals surface area (Å²) in [5.74, 6) is -1.39. The molecule has 0 bridgehead atoms. The fourth-order valence-corrected chi connectivity index (χ4v) is 2.00. The minimum atomic E-state index is -0.981. The van der Waals surface area contributed by atoms with E-state index < -0.39 is 17.9 Å². The minimum absolute atomic E-state index is 0.126. The van der Waals surface area contributed by atoms with E-state index in [1.54, 1.807) is 12.1 Å². The predicted molar refractivity (Wildman–Crippen MR) is 60.3 cm³/mol. The summed E-state index contributed by atoms with van der Waals surface area (Å²) in [6, 6.07) is 2.44. The average molecular weight is 235 g/mol. The summed E-state index contributed by atoms with van der Waals surface area (Å²) in [5, 5.41) is 9.00. The third kappa shape index (κ3) is 2.06. The molecule has 2 rings (SSSR count). The van der Waals surface area contributed by atoms with E-state index in [4.69, 9.17) is 10.8 Å². The van der Waals surface area contributed by atoms with E-state index in [-0.39, 0.29) is 11.4 Å². The van der Waals surface area contributed by atoms with Crippen LogP contribution in [-0.2, 0) is 4.79 Å². The molecule has 1 unspecified atom stereocenters. The number of nitrogens with zero attached hydrogens (tertiary/aromatic N) is 2. The van der Waals surface area contributed by atoms with Crippen molar-refractivity contribution in [2.45, 2.75) is 18.9 Å². The summed E-state index contributed by atoms with van der Waals surface area (Å²) in [7, 11) is 0. The number of pyridine rings is 1. The summed E-state index contributed by atoms with van der Waals surface area (Å²) in [6.45, 7) is 0.436. The van der Waals surface area contributed by atoms with Crippen molar-refractivity contribution >= 4 is 17.6 Å². The van der Waals surface area contributed by atoms with Crippen molar-refractivity contribution in [3.05, 3.63) is 24.0 Å². The lowest BCUT2D eigenvalue weighted by atomic mass is 10.2. The van der Waals surface area contributed by atoms with Gasteiger partial charge in [-0.25, -0.2) is 9.78 Å². The number of aliphatic carboxylic acids is 1. The monoisotopic (exact) mass is 235 g/mol. The molecule has 0 spiro atoms. The zero-order valence-corrected chi connectivity index (χ0v) is 9.17. The van der Waals surface area contributed by atoms with Gasteiger partial charge >= 0.3 is 5.97 Å². The third-order valence-electron chi connectivity index (χ3n) is 2.84. The SMILES string of the molecule is Nc1cccnc1C(=O)N1CCCC1C(=O)O. The topological polar surface area (TPSA) is 96.5 Å². The van der Waals surface area contributed by atoms with Gasteiger partial charge in [-0.3, -0.25) is 4.79 Å². The van der Waals surface area contributed by atoms with Gasteiger partial charge in [0.2, 0.25) is 0 Å². The van der Waals surface area contributed by atoms with Crippen LogP contribution in [-0.4, -0.2) is 39.5 Å². The summed E-state index contributed by atoms with van der Waals surface area (Å²) in [5.41, 5.74) is 6.05. The van der Waals surface area contributed by atoms with Crippen molar-refractivity contribution in [3.63, 3.8) is 0 Å². The van der Waals surface area contributed by atoms with E-state index in [1.807, 2.05) is 0 Å². The lowest BCUT2D eigenvalue weighted by Crippen LogP contribution is -2.41. The quantitative estimate of drug-likeness (QED) is 0.771. The van der Waals surface area contributed by atoms with Crippen molar-refractivity contribution in [2.75, 3.05) is 12.3 Å². The Morgan fingerprint density at radius 2 is 2.29 bits per heavy atom. The number of nitrogens with two attached hydrogens (primary N) is 1. The number of hydrogen-bond donors (Lipinski definition) is 2. The van der Waals surface area contributed by atoms with Gasteiger partial charge in [-0.05, 0) is 25.0 Å². The second-order valence-electron chi connectivity index (χ2n) is 3.94. The van der Waals surface area contributed by atoms with Crippen molar-refractivity contribution in [1.29, 1.82) is 0 Å². The van der Waals surface area contributed by atoms with Crippen LogP contribution in [0.4, 0.5) is 5.69 Å². The molecule has 0 radical (unpaired) electrons. The number of carboxylic acids is 1. The van der Waals surface area contributed by atoms with Crippen molar-refractivity contribution in [2.24, 2.45) is 0 Å². The maximum absolute atomic E-state index is 12.1. The van der Waals surface area contributed by atoms with E-state index in [2.05, 4.69) is 4.98 Å². The number of anilines is 1. The Hall–Kier alpha value is -2.11. The van der Waals surface area contributed by atoms with Crippen LogP contribution in [0.5, 0.6) is 0 Å².